The van der Waals surface area contributed by atoms with E-state index < -0.39 is 24.3 Å². The van der Waals surface area contributed by atoms with Gasteiger partial charge in [-0.3, -0.25) is 4.79 Å². The minimum atomic E-state index is -4.46. The lowest BCUT2D eigenvalue weighted by atomic mass is 9.48. The Kier molecular flexibility index (Phi) is 5.11. The van der Waals surface area contributed by atoms with Crippen molar-refractivity contribution in [2.24, 2.45) is 23.2 Å². The van der Waals surface area contributed by atoms with Crippen LogP contribution in [0.2, 0.25) is 0 Å². The van der Waals surface area contributed by atoms with E-state index in [4.69, 9.17) is 4.74 Å². The summed E-state index contributed by atoms with van der Waals surface area (Å²) in [5.74, 6) is 1.15. The maximum absolute atomic E-state index is 12.6. The van der Waals surface area contributed by atoms with Gasteiger partial charge in [0.2, 0.25) is 0 Å². The number of halogens is 3. The van der Waals surface area contributed by atoms with Crippen LogP contribution in [0.3, 0.4) is 0 Å². The van der Waals surface area contributed by atoms with Crippen molar-refractivity contribution in [1.29, 1.82) is 0 Å². The molecule has 158 valence electrons. The summed E-state index contributed by atoms with van der Waals surface area (Å²) >= 11 is 0. The highest BCUT2D eigenvalue weighted by Crippen LogP contribution is 2.61. The zero-order valence-corrected chi connectivity index (χ0v) is 16.4. The molecule has 1 aromatic carbocycles. The van der Waals surface area contributed by atoms with Gasteiger partial charge < -0.3 is 10.1 Å². The Balaban J connectivity index is 1.29. The first-order valence-electron chi connectivity index (χ1n) is 10.3. The maximum atomic E-state index is 12.6. The van der Waals surface area contributed by atoms with Crippen LogP contribution in [0.15, 0.2) is 24.3 Å². The summed E-state index contributed by atoms with van der Waals surface area (Å²) in [6.45, 7) is 1.61. The lowest BCUT2D eigenvalue weighted by molar-refractivity contribution is -0.137. The molecule has 4 fully saturated rings. The van der Waals surface area contributed by atoms with Gasteiger partial charge in [-0.1, -0.05) is 0 Å². The number of esters is 1. The van der Waals surface area contributed by atoms with E-state index in [2.05, 4.69) is 5.32 Å². The average Bonchev–Trinajstić information content (AvgIpc) is 2.64. The van der Waals surface area contributed by atoms with Crippen LogP contribution in [0.25, 0.3) is 0 Å². The molecular formula is C22H26F3NO3. The van der Waals surface area contributed by atoms with Gasteiger partial charge in [0.15, 0.2) is 6.61 Å². The molecule has 5 rings (SSSR count). The van der Waals surface area contributed by atoms with Gasteiger partial charge in [-0.2, -0.15) is 13.2 Å². The zero-order valence-electron chi connectivity index (χ0n) is 16.4. The van der Waals surface area contributed by atoms with E-state index in [0.29, 0.717) is 0 Å². The van der Waals surface area contributed by atoms with Crippen molar-refractivity contribution in [3.05, 3.63) is 35.4 Å². The highest BCUT2D eigenvalue weighted by molar-refractivity contribution is 5.91. The first-order chi connectivity index (χ1) is 13.6. The van der Waals surface area contributed by atoms with E-state index in [1.807, 2.05) is 6.92 Å². The van der Waals surface area contributed by atoms with Crippen LogP contribution < -0.4 is 5.32 Å². The zero-order chi connectivity index (χ0) is 20.8. The first kappa shape index (κ1) is 20.2. The minimum Gasteiger partial charge on any atom is -0.452 e. The number of hydrogen-bond donors (Lipinski definition) is 1. The molecule has 29 heavy (non-hydrogen) atoms. The van der Waals surface area contributed by atoms with Crippen molar-refractivity contribution in [1.82, 2.24) is 5.32 Å². The molecule has 1 atom stereocenters. The molecular weight excluding hydrogens is 383 g/mol. The molecule has 1 N–H and O–H groups in total. The summed E-state index contributed by atoms with van der Waals surface area (Å²) in [7, 11) is 0. The van der Waals surface area contributed by atoms with E-state index in [0.717, 1.165) is 61.3 Å². The number of amides is 1. The Morgan fingerprint density at radius 3 is 2.07 bits per heavy atom. The SMILES string of the molecule is C[C@@H](NC(=O)COC(=O)c1ccc(C(F)(F)F)cc1)C12CC3CC(CC(C3)C1)C2. The molecule has 0 aliphatic heterocycles. The summed E-state index contributed by atoms with van der Waals surface area (Å²) in [5.41, 5.74) is -0.696. The lowest BCUT2D eigenvalue weighted by Gasteiger charge is -2.59. The highest BCUT2D eigenvalue weighted by Gasteiger charge is 2.53. The molecule has 4 aliphatic carbocycles. The minimum absolute atomic E-state index is 0.0140. The molecule has 4 saturated carbocycles. The molecule has 0 heterocycles. The monoisotopic (exact) mass is 409 g/mol. The number of carbonyl (C=O) groups excluding carboxylic acids is 2. The predicted octanol–water partition coefficient (Wildman–Crippen LogP) is 4.58. The van der Waals surface area contributed by atoms with Crippen molar-refractivity contribution in [3.63, 3.8) is 0 Å². The quantitative estimate of drug-likeness (QED) is 0.724. The van der Waals surface area contributed by atoms with E-state index in [9.17, 15) is 22.8 Å². The van der Waals surface area contributed by atoms with Crippen LogP contribution in [-0.4, -0.2) is 24.5 Å². The third kappa shape index (κ3) is 4.14. The number of hydrogen-bond acceptors (Lipinski definition) is 3. The standard InChI is InChI=1S/C22H26F3NO3/c1-13(21-9-14-6-15(10-21)8-16(7-14)11-21)26-19(27)12-29-20(28)17-2-4-18(5-3-17)22(23,24)25/h2-5,13-16H,6-12H2,1H3,(H,26,27)/t13-,14?,15?,16?,21?/m1/s1. The second kappa shape index (κ2) is 7.33. The summed E-state index contributed by atoms with van der Waals surface area (Å²) in [5, 5.41) is 3.01. The summed E-state index contributed by atoms with van der Waals surface area (Å²) < 4.78 is 42.8. The Hall–Kier alpha value is -2.05. The number of rotatable bonds is 5. The third-order valence-corrected chi connectivity index (χ3v) is 7.16. The summed E-state index contributed by atoms with van der Waals surface area (Å²) in [4.78, 5) is 24.4. The maximum Gasteiger partial charge on any atom is 0.416 e. The van der Waals surface area contributed by atoms with Crippen molar-refractivity contribution in [2.45, 2.75) is 57.7 Å². The van der Waals surface area contributed by atoms with Crippen LogP contribution in [0.4, 0.5) is 13.2 Å². The molecule has 4 nitrogen and oxygen atoms in total. The lowest BCUT2D eigenvalue weighted by Crippen LogP contribution is -2.56. The smallest absolute Gasteiger partial charge is 0.416 e. The van der Waals surface area contributed by atoms with Gasteiger partial charge in [-0.25, -0.2) is 4.79 Å². The van der Waals surface area contributed by atoms with Crippen molar-refractivity contribution >= 4 is 11.9 Å². The van der Waals surface area contributed by atoms with Crippen LogP contribution >= 0.6 is 0 Å². The molecule has 1 aromatic rings. The molecule has 4 bridgehead atoms. The Bertz CT molecular complexity index is 752. The third-order valence-electron chi connectivity index (χ3n) is 7.16. The molecule has 0 unspecified atom stereocenters. The van der Waals surface area contributed by atoms with Crippen molar-refractivity contribution < 1.29 is 27.5 Å². The molecule has 0 saturated heterocycles. The topological polar surface area (TPSA) is 55.4 Å². The van der Waals surface area contributed by atoms with E-state index in [1.54, 1.807) is 0 Å². The average molecular weight is 409 g/mol. The molecule has 0 spiro atoms. The van der Waals surface area contributed by atoms with Gasteiger partial charge in [-0.15, -0.1) is 0 Å². The number of benzene rings is 1. The second-order valence-corrected chi connectivity index (χ2v) is 9.22. The fourth-order valence-electron chi connectivity index (χ4n) is 6.15. The molecule has 0 radical (unpaired) electrons. The van der Waals surface area contributed by atoms with Crippen LogP contribution in [0.5, 0.6) is 0 Å². The number of nitrogens with one attached hydrogen (secondary N) is 1. The Morgan fingerprint density at radius 1 is 1.07 bits per heavy atom. The van der Waals surface area contributed by atoms with E-state index >= 15 is 0 Å². The largest absolute Gasteiger partial charge is 0.452 e. The normalized spacial score (nSPS) is 31.4. The van der Waals surface area contributed by atoms with Gasteiger partial charge in [0, 0.05) is 6.04 Å². The Labute approximate surface area is 168 Å². The summed E-state index contributed by atoms with van der Waals surface area (Å²) in [6.07, 6.45) is 2.99. The highest BCUT2D eigenvalue weighted by atomic mass is 19.4. The van der Waals surface area contributed by atoms with Crippen molar-refractivity contribution in [2.75, 3.05) is 6.61 Å². The number of alkyl halides is 3. The fraction of sp³-hybridized carbons (Fsp3) is 0.636. The summed E-state index contributed by atoms with van der Waals surface area (Å²) in [6, 6.07) is 3.79. The molecule has 1 amide bonds. The van der Waals surface area contributed by atoms with Gasteiger partial charge in [0.05, 0.1) is 11.1 Å². The fourth-order valence-corrected chi connectivity index (χ4v) is 6.15. The van der Waals surface area contributed by atoms with Crippen LogP contribution in [-0.2, 0) is 15.7 Å². The second-order valence-electron chi connectivity index (χ2n) is 9.22. The van der Waals surface area contributed by atoms with Crippen LogP contribution in [0.1, 0.15) is 61.4 Å². The molecule has 0 aromatic heterocycles. The van der Waals surface area contributed by atoms with Gasteiger partial charge >= 0.3 is 12.1 Å². The first-order valence-corrected chi connectivity index (χ1v) is 10.3. The van der Waals surface area contributed by atoms with Gasteiger partial charge in [0.1, 0.15) is 0 Å². The molecule has 4 aliphatic rings. The van der Waals surface area contributed by atoms with E-state index in [1.165, 1.54) is 19.3 Å². The number of carbonyl (C=O) groups is 2. The van der Waals surface area contributed by atoms with Crippen molar-refractivity contribution in [3.8, 4) is 0 Å². The van der Waals surface area contributed by atoms with E-state index in [-0.39, 0.29) is 22.9 Å². The Morgan fingerprint density at radius 2 is 1.59 bits per heavy atom. The van der Waals surface area contributed by atoms with Gasteiger partial charge in [-0.05, 0) is 92.9 Å². The van der Waals surface area contributed by atoms with Crippen LogP contribution in [0, 0.1) is 23.2 Å². The predicted molar refractivity (Wildman–Crippen MR) is 99.9 cm³/mol. The molecule has 7 heteroatoms. The van der Waals surface area contributed by atoms with Gasteiger partial charge in [0.25, 0.3) is 5.91 Å². The number of ether oxygens (including phenoxy) is 1.